The fourth-order valence-electron chi connectivity index (χ4n) is 1.84. The van der Waals surface area contributed by atoms with Gasteiger partial charge in [-0.1, -0.05) is 28.9 Å². The summed E-state index contributed by atoms with van der Waals surface area (Å²) in [5, 5.41) is 3.31. The van der Waals surface area contributed by atoms with Crippen molar-refractivity contribution < 1.29 is 9.13 Å². The largest absolute Gasteiger partial charge is 0.439 e. The molecule has 0 saturated heterocycles. The lowest BCUT2D eigenvalue weighted by Gasteiger charge is -2.12. The first-order valence-corrected chi connectivity index (χ1v) is 7.21. The molecule has 2 rings (SSSR count). The van der Waals surface area contributed by atoms with Gasteiger partial charge in [0.25, 0.3) is 0 Å². The monoisotopic (exact) mass is 338 g/mol. The minimum absolute atomic E-state index is 0.241. The maximum Gasteiger partial charge on any atom is 0.219 e. The van der Waals surface area contributed by atoms with Crippen molar-refractivity contribution in [2.24, 2.45) is 0 Å². The fourth-order valence-corrected chi connectivity index (χ4v) is 2.28. The van der Waals surface area contributed by atoms with E-state index >= 15 is 0 Å². The van der Waals surface area contributed by atoms with Crippen LogP contribution in [0.2, 0.25) is 0 Å². The van der Waals surface area contributed by atoms with E-state index < -0.39 is 0 Å². The summed E-state index contributed by atoms with van der Waals surface area (Å²) in [6, 6.07) is 8.36. The minimum atomic E-state index is -0.355. The van der Waals surface area contributed by atoms with Crippen molar-refractivity contribution in [3.63, 3.8) is 0 Å². The number of hydrogen-bond donors (Lipinski definition) is 1. The smallest absolute Gasteiger partial charge is 0.219 e. The number of aromatic nitrogens is 1. The number of nitrogens with zero attached hydrogens (tertiary/aromatic N) is 1. The van der Waals surface area contributed by atoms with E-state index in [1.54, 1.807) is 18.3 Å². The molecule has 1 atom stereocenters. The lowest BCUT2D eigenvalue weighted by atomic mass is 10.1. The quantitative estimate of drug-likeness (QED) is 0.874. The van der Waals surface area contributed by atoms with E-state index in [0.717, 1.165) is 12.1 Å². The minimum Gasteiger partial charge on any atom is -0.439 e. The first-order valence-electron chi connectivity index (χ1n) is 6.41. The van der Waals surface area contributed by atoms with E-state index in [4.69, 9.17) is 4.74 Å². The number of pyridine rings is 1. The highest BCUT2D eigenvalue weighted by Crippen LogP contribution is 2.25. The number of ether oxygens (including phenoxy) is 1. The van der Waals surface area contributed by atoms with Gasteiger partial charge in [0.05, 0.1) is 0 Å². The second kappa shape index (κ2) is 6.81. The Balaban J connectivity index is 2.10. The van der Waals surface area contributed by atoms with Crippen LogP contribution in [0.3, 0.4) is 0 Å². The summed E-state index contributed by atoms with van der Waals surface area (Å²) in [5.74, 6) is 0.499. The highest BCUT2D eigenvalue weighted by Gasteiger charge is 2.06. The van der Waals surface area contributed by atoms with Crippen LogP contribution >= 0.6 is 15.9 Å². The molecule has 0 radical (unpaired) electrons. The van der Waals surface area contributed by atoms with Crippen LogP contribution in [0.1, 0.15) is 25.5 Å². The molecule has 1 heterocycles. The highest BCUT2D eigenvalue weighted by atomic mass is 79.9. The van der Waals surface area contributed by atoms with Crippen molar-refractivity contribution in [2.75, 3.05) is 6.54 Å². The molecule has 0 aliphatic heterocycles. The van der Waals surface area contributed by atoms with Gasteiger partial charge in [0.1, 0.15) is 11.6 Å². The zero-order valence-electron chi connectivity index (χ0n) is 11.4. The lowest BCUT2D eigenvalue weighted by Crippen LogP contribution is -2.17. The van der Waals surface area contributed by atoms with Gasteiger partial charge in [0.15, 0.2) is 0 Å². The van der Waals surface area contributed by atoms with Crippen molar-refractivity contribution >= 4 is 15.9 Å². The number of nitrogens with one attached hydrogen (secondary N) is 1. The van der Waals surface area contributed by atoms with Gasteiger partial charge in [-0.15, -0.1) is 0 Å². The Morgan fingerprint density at radius 2 is 2.15 bits per heavy atom. The predicted molar refractivity (Wildman–Crippen MR) is 80.5 cm³/mol. The molecule has 0 aliphatic rings. The van der Waals surface area contributed by atoms with Crippen molar-refractivity contribution in [1.29, 1.82) is 0 Å². The molecule has 106 valence electrons. The van der Waals surface area contributed by atoms with Crippen LogP contribution in [0.15, 0.2) is 41.0 Å². The Bertz CT molecular complexity index is 554. The van der Waals surface area contributed by atoms with Gasteiger partial charge in [0, 0.05) is 28.8 Å². The molecule has 0 bridgehead atoms. The van der Waals surface area contributed by atoms with Gasteiger partial charge >= 0.3 is 0 Å². The van der Waals surface area contributed by atoms with Gasteiger partial charge in [-0.3, -0.25) is 0 Å². The highest BCUT2D eigenvalue weighted by molar-refractivity contribution is 9.10. The molecule has 0 saturated carbocycles. The molecule has 1 aromatic carbocycles. The summed E-state index contributed by atoms with van der Waals surface area (Å²) in [6.07, 6.45) is 1.76. The molecule has 1 N–H and O–H groups in total. The summed E-state index contributed by atoms with van der Waals surface area (Å²) in [4.78, 5) is 4.24. The van der Waals surface area contributed by atoms with Gasteiger partial charge in [0.2, 0.25) is 5.88 Å². The van der Waals surface area contributed by atoms with Crippen molar-refractivity contribution in [3.05, 3.63) is 52.4 Å². The fraction of sp³-hybridized carbons (Fsp3) is 0.267. The zero-order valence-corrected chi connectivity index (χ0v) is 12.9. The standard InChI is InChI=1S/C15H16BrFN2O/c1-3-18-10(2)11-4-5-15(19-9-11)20-14-7-12(16)6-13(17)8-14/h4-10,18H,3H2,1-2H3. The Morgan fingerprint density at radius 3 is 2.75 bits per heavy atom. The summed E-state index contributed by atoms with van der Waals surface area (Å²) in [6.45, 7) is 5.03. The predicted octanol–water partition coefficient (Wildman–Crippen LogP) is 4.45. The van der Waals surface area contributed by atoms with Crippen LogP contribution < -0.4 is 10.1 Å². The van der Waals surface area contributed by atoms with Crippen molar-refractivity contribution in [1.82, 2.24) is 10.3 Å². The summed E-state index contributed by atoms with van der Waals surface area (Å²) >= 11 is 3.23. The molecule has 3 nitrogen and oxygen atoms in total. The molecule has 0 aliphatic carbocycles. The van der Waals surface area contributed by atoms with Crippen LogP contribution in [-0.4, -0.2) is 11.5 Å². The number of halogens is 2. The van der Waals surface area contributed by atoms with Gasteiger partial charge in [-0.2, -0.15) is 0 Å². The molecule has 0 fully saturated rings. The van der Waals surface area contributed by atoms with Crippen LogP contribution in [-0.2, 0) is 0 Å². The van der Waals surface area contributed by atoms with Crippen molar-refractivity contribution in [3.8, 4) is 11.6 Å². The normalized spacial score (nSPS) is 12.2. The zero-order chi connectivity index (χ0) is 14.5. The Labute approximate surface area is 126 Å². The van der Waals surface area contributed by atoms with Crippen LogP contribution in [0.4, 0.5) is 4.39 Å². The molecular weight excluding hydrogens is 323 g/mol. The summed E-state index contributed by atoms with van der Waals surface area (Å²) in [5.41, 5.74) is 1.08. The average Bonchev–Trinajstić information content (AvgIpc) is 2.38. The van der Waals surface area contributed by atoms with E-state index in [1.807, 2.05) is 6.07 Å². The Morgan fingerprint density at radius 1 is 1.35 bits per heavy atom. The average molecular weight is 339 g/mol. The molecule has 2 aromatic rings. The van der Waals surface area contributed by atoms with Gasteiger partial charge in [-0.05, 0) is 31.2 Å². The van der Waals surface area contributed by atoms with E-state index in [2.05, 4.69) is 40.1 Å². The van der Waals surface area contributed by atoms with E-state index in [1.165, 1.54) is 12.1 Å². The third kappa shape index (κ3) is 4.02. The second-order valence-corrected chi connectivity index (χ2v) is 5.33. The summed E-state index contributed by atoms with van der Waals surface area (Å²) in [7, 11) is 0. The van der Waals surface area contributed by atoms with E-state index in [0.29, 0.717) is 16.1 Å². The third-order valence-corrected chi connectivity index (χ3v) is 3.29. The van der Waals surface area contributed by atoms with E-state index in [-0.39, 0.29) is 11.9 Å². The van der Waals surface area contributed by atoms with Gasteiger partial charge in [-0.25, -0.2) is 9.37 Å². The maximum atomic E-state index is 13.2. The Kier molecular flexibility index (Phi) is 5.09. The first-order chi connectivity index (χ1) is 9.58. The Hall–Kier alpha value is -1.46. The van der Waals surface area contributed by atoms with Crippen LogP contribution in [0, 0.1) is 5.82 Å². The molecule has 20 heavy (non-hydrogen) atoms. The SMILES string of the molecule is CCNC(C)c1ccc(Oc2cc(F)cc(Br)c2)nc1. The molecule has 1 unspecified atom stereocenters. The number of hydrogen-bond acceptors (Lipinski definition) is 3. The maximum absolute atomic E-state index is 13.2. The number of benzene rings is 1. The van der Waals surface area contributed by atoms with Crippen molar-refractivity contribution in [2.45, 2.75) is 19.9 Å². The second-order valence-electron chi connectivity index (χ2n) is 4.42. The molecule has 0 spiro atoms. The first kappa shape index (κ1) is 14.9. The van der Waals surface area contributed by atoms with Gasteiger partial charge < -0.3 is 10.1 Å². The summed E-state index contributed by atoms with van der Waals surface area (Å²) < 4.78 is 19.4. The molecular formula is C15H16BrFN2O. The third-order valence-electron chi connectivity index (χ3n) is 2.83. The lowest BCUT2D eigenvalue weighted by molar-refractivity contribution is 0.456. The van der Waals surface area contributed by atoms with Crippen LogP contribution in [0.5, 0.6) is 11.6 Å². The molecule has 5 heteroatoms. The number of rotatable bonds is 5. The topological polar surface area (TPSA) is 34.1 Å². The van der Waals surface area contributed by atoms with Crippen LogP contribution in [0.25, 0.3) is 0 Å². The molecule has 0 amide bonds. The van der Waals surface area contributed by atoms with E-state index in [9.17, 15) is 4.39 Å². The molecule has 1 aromatic heterocycles.